The number of nitrogens with two attached hydrogens (primary N) is 2. The van der Waals surface area contributed by atoms with Gasteiger partial charge in [0, 0.05) is 5.69 Å². The monoisotopic (exact) mass is 242 g/mol. The molecule has 0 saturated carbocycles. The molecule has 94 valence electrons. The zero-order chi connectivity index (χ0) is 13.1. The summed E-state index contributed by atoms with van der Waals surface area (Å²) >= 11 is 0. The van der Waals surface area contributed by atoms with Crippen molar-refractivity contribution in [2.75, 3.05) is 16.8 Å². The maximum absolute atomic E-state index is 5.68. The Hall–Kier alpha value is -2.23. The fraction of sp³-hybridized carbons (Fsp3) is 0.214. The fourth-order valence-corrected chi connectivity index (χ4v) is 1.83. The highest BCUT2D eigenvalue weighted by Gasteiger charge is 2.02. The molecule has 0 atom stereocenters. The number of nitrogens with one attached hydrogen (secondary N) is 1. The topological polar surface area (TPSA) is 77.0 Å². The van der Waals surface area contributed by atoms with Crippen LogP contribution < -0.4 is 16.8 Å². The number of rotatable bonds is 3. The molecular weight excluding hydrogens is 224 g/mol. The normalized spacial score (nSPS) is 10.3. The molecule has 0 aliphatic rings. The van der Waals surface area contributed by atoms with Crippen LogP contribution in [0.3, 0.4) is 0 Å². The predicted octanol–water partition coefficient (Wildman–Crippen LogP) is 2.86. The summed E-state index contributed by atoms with van der Waals surface area (Å²) in [6.07, 6.45) is 1.01. The summed E-state index contributed by atoms with van der Waals surface area (Å²) in [5.41, 5.74) is 15.4. The molecule has 0 radical (unpaired) electrons. The van der Waals surface area contributed by atoms with Gasteiger partial charge in [-0.3, -0.25) is 0 Å². The van der Waals surface area contributed by atoms with E-state index in [-0.39, 0.29) is 0 Å². The van der Waals surface area contributed by atoms with Crippen molar-refractivity contribution < 1.29 is 0 Å². The molecule has 2 aromatic rings. The number of benzene rings is 1. The van der Waals surface area contributed by atoms with Gasteiger partial charge in [-0.15, -0.1) is 0 Å². The van der Waals surface area contributed by atoms with Crippen LogP contribution >= 0.6 is 0 Å². The maximum Gasteiger partial charge on any atom is 0.149 e. The minimum Gasteiger partial charge on any atom is -0.396 e. The van der Waals surface area contributed by atoms with E-state index in [9.17, 15) is 0 Å². The van der Waals surface area contributed by atoms with Gasteiger partial charge >= 0.3 is 0 Å². The van der Waals surface area contributed by atoms with Crippen LogP contribution in [-0.2, 0) is 6.42 Å². The number of hydrogen-bond donors (Lipinski definition) is 3. The average Bonchev–Trinajstić information content (AvgIpc) is 2.36. The van der Waals surface area contributed by atoms with Crippen LogP contribution in [0.25, 0.3) is 0 Å². The van der Waals surface area contributed by atoms with E-state index in [4.69, 9.17) is 11.5 Å². The van der Waals surface area contributed by atoms with Gasteiger partial charge in [-0.2, -0.15) is 0 Å². The number of nitrogen functional groups attached to an aromatic ring is 2. The summed E-state index contributed by atoms with van der Waals surface area (Å²) in [6, 6.07) is 9.82. The lowest BCUT2D eigenvalue weighted by Crippen LogP contribution is -2.01. The van der Waals surface area contributed by atoms with E-state index < -0.39 is 0 Å². The van der Waals surface area contributed by atoms with E-state index in [1.807, 2.05) is 12.1 Å². The molecule has 5 N–H and O–H groups in total. The molecule has 0 fully saturated rings. The lowest BCUT2D eigenvalue weighted by Gasteiger charge is -2.10. The smallest absolute Gasteiger partial charge is 0.149 e. The van der Waals surface area contributed by atoms with Gasteiger partial charge in [-0.1, -0.05) is 13.0 Å². The van der Waals surface area contributed by atoms with Crippen molar-refractivity contribution in [2.24, 2.45) is 0 Å². The van der Waals surface area contributed by atoms with Crippen LogP contribution in [0.1, 0.15) is 18.1 Å². The van der Waals surface area contributed by atoms with E-state index in [0.717, 1.165) is 12.1 Å². The van der Waals surface area contributed by atoms with Crippen molar-refractivity contribution in [3.8, 4) is 0 Å². The second-order valence-electron chi connectivity index (χ2n) is 4.29. The van der Waals surface area contributed by atoms with Crippen molar-refractivity contribution in [2.45, 2.75) is 20.3 Å². The molecule has 0 saturated heterocycles. The Morgan fingerprint density at radius 1 is 1.17 bits per heavy atom. The third kappa shape index (κ3) is 2.53. The number of hydrogen-bond acceptors (Lipinski definition) is 4. The third-order valence-electron chi connectivity index (χ3n) is 2.96. The first kappa shape index (κ1) is 12.2. The lowest BCUT2D eigenvalue weighted by atomic mass is 10.1. The van der Waals surface area contributed by atoms with Gasteiger partial charge in [0.05, 0.1) is 5.69 Å². The van der Waals surface area contributed by atoms with E-state index in [1.54, 1.807) is 6.07 Å². The summed E-state index contributed by atoms with van der Waals surface area (Å²) in [4.78, 5) is 4.19. The van der Waals surface area contributed by atoms with E-state index in [2.05, 4.69) is 36.3 Å². The Balaban J connectivity index is 2.25. The minimum absolute atomic E-state index is 0.350. The highest BCUT2D eigenvalue weighted by molar-refractivity contribution is 5.65. The molecule has 2 rings (SSSR count). The van der Waals surface area contributed by atoms with Crippen molar-refractivity contribution >= 4 is 23.0 Å². The van der Waals surface area contributed by atoms with Crippen LogP contribution in [0, 0.1) is 6.92 Å². The van der Waals surface area contributed by atoms with Gasteiger partial charge in [-0.25, -0.2) is 4.98 Å². The Morgan fingerprint density at radius 2 is 1.94 bits per heavy atom. The second kappa shape index (κ2) is 4.96. The molecule has 1 heterocycles. The molecule has 0 aliphatic heterocycles. The summed E-state index contributed by atoms with van der Waals surface area (Å²) < 4.78 is 0. The van der Waals surface area contributed by atoms with Gasteiger partial charge in [0.2, 0.25) is 0 Å². The molecule has 1 aromatic heterocycles. The maximum atomic E-state index is 5.68. The summed E-state index contributed by atoms with van der Waals surface area (Å²) in [6.45, 7) is 4.26. The number of nitrogens with zero attached hydrogens (tertiary/aromatic N) is 1. The molecule has 18 heavy (non-hydrogen) atoms. The molecule has 4 heteroatoms. The number of pyridine rings is 1. The van der Waals surface area contributed by atoms with Crippen LogP contribution in [0.15, 0.2) is 30.3 Å². The van der Waals surface area contributed by atoms with Crippen molar-refractivity contribution in [1.29, 1.82) is 0 Å². The van der Waals surface area contributed by atoms with Gasteiger partial charge in [0.1, 0.15) is 11.6 Å². The zero-order valence-corrected chi connectivity index (χ0v) is 10.7. The SMILES string of the molecule is CCc1cc(Nc2ccc(N)c(N)n2)ccc1C. The van der Waals surface area contributed by atoms with Crippen LogP contribution in [0.5, 0.6) is 0 Å². The van der Waals surface area contributed by atoms with Gasteiger partial charge < -0.3 is 16.8 Å². The minimum atomic E-state index is 0.350. The largest absolute Gasteiger partial charge is 0.396 e. The van der Waals surface area contributed by atoms with E-state index in [1.165, 1.54) is 11.1 Å². The van der Waals surface area contributed by atoms with Crippen LogP contribution in [0.2, 0.25) is 0 Å². The first-order valence-electron chi connectivity index (χ1n) is 5.98. The Bertz CT molecular complexity index is 564. The third-order valence-corrected chi connectivity index (χ3v) is 2.96. The lowest BCUT2D eigenvalue weighted by molar-refractivity contribution is 1.11. The molecule has 4 nitrogen and oxygen atoms in total. The highest BCUT2D eigenvalue weighted by atomic mass is 15.0. The quantitative estimate of drug-likeness (QED) is 0.773. The summed E-state index contributed by atoms with van der Waals surface area (Å²) in [7, 11) is 0. The molecule has 0 unspecified atom stereocenters. The molecule has 0 bridgehead atoms. The van der Waals surface area contributed by atoms with Gasteiger partial charge in [0.25, 0.3) is 0 Å². The second-order valence-corrected chi connectivity index (χ2v) is 4.29. The molecular formula is C14H18N4. The average molecular weight is 242 g/mol. The molecule has 0 aliphatic carbocycles. The predicted molar refractivity (Wildman–Crippen MR) is 76.9 cm³/mol. The summed E-state index contributed by atoms with van der Waals surface area (Å²) in [5, 5.41) is 3.23. The Morgan fingerprint density at radius 3 is 2.61 bits per heavy atom. The van der Waals surface area contributed by atoms with Gasteiger partial charge in [-0.05, 0) is 48.7 Å². The van der Waals surface area contributed by atoms with Gasteiger partial charge in [0.15, 0.2) is 0 Å². The number of aromatic nitrogens is 1. The molecule has 0 amide bonds. The number of aryl methyl sites for hydroxylation is 2. The molecule has 1 aromatic carbocycles. The Labute approximate surface area is 107 Å². The van der Waals surface area contributed by atoms with E-state index >= 15 is 0 Å². The molecule has 0 spiro atoms. The first-order chi connectivity index (χ1) is 8.60. The van der Waals surface area contributed by atoms with Crippen LogP contribution in [0.4, 0.5) is 23.0 Å². The standard InChI is InChI=1S/C14H18N4/c1-3-10-8-11(5-4-9(10)2)17-13-7-6-12(15)14(16)18-13/h4-8H,3,15H2,1-2H3,(H3,16,17,18). The Kier molecular flexibility index (Phi) is 3.37. The van der Waals surface area contributed by atoms with Crippen molar-refractivity contribution in [3.05, 3.63) is 41.5 Å². The highest BCUT2D eigenvalue weighted by Crippen LogP contribution is 2.21. The number of anilines is 4. The van der Waals surface area contributed by atoms with Crippen LogP contribution in [-0.4, -0.2) is 4.98 Å². The van der Waals surface area contributed by atoms with Crippen molar-refractivity contribution in [1.82, 2.24) is 4.98 Å². The first-order valence-corrected chi connectivity index (χ1v) is 5.98. The van der Waals surface area contributed by atoms with Crippen molar-refractivity contribution in [3.63, 3.8) is 0 Å². The van der Waals surface area contributed by atoms with E-state index in [0.29, 0.717) is 17.3 Å². The fourth-order valence-electron chi connectivity index (χ4n) is 1.83. The zero-order valence-electron chi connectivity index (χ0n) is 10.7. The summed E-state index contributed by atoms with van der Waals surface area (Å²) in [5.74, 6) is 1.05.